The molecule has 7 aliphatic rings. The average Bonchev–Trinajstić information content (AvgIpc) is 3.54. The molecule has 0 spiro atoms. The van der Waals surface area contributed by atoms with Gasteiger partial charge >= 0.3 is 0 Å². The van der Waals surface area contributed by atoms with Gasteiger partial charge in [0.25, 0.3) is 0 Å². The van der Waals surface area contributed by atoms with Crippen molar-refractivity contribution in [3.63, 3.8) is 0 Å². The lowest BCUT2D eigenvalue weighted by Gasteiger charge is -2.47. The number of benzene rings is 3. The van der Waals surface area contributed by atoms with Gasteiger partial charge in [-0.2, -0.15) is 0 Å². The van der Waals surface area contributed by atoms with Crippen LogP contribution in [0.2, 0.25) is 0 Å². The second-order valence-electron chi connectivity index (χ2n) is 19.4. The van der Waals surface area contributed by atoms with Crippen LogP contribution in [0.5, 0.6) is 0 Å². The predicted octanol–water partition coefficient (Wildman–Crippen LogP) is 13.2. The maximum absolute atomic E-state index is 2.64. The first-order chi connectivity index (χ1) is 26.7. The first-order valence-corrected chi connectivity index (χ1v) is 21.0. The minimum Gasteiger partial charge on any atom is -0.356 e. The van der Waals surface area contributed by atoms with Crippen LogP contribution >= 0.6 is 0 Å². The fourth-order valence-electron chi connectivity index (χ4n) is 11.4. The summed E-state index contributed by atoms with van der Waals surface area (Å²) < 4.78 is 0. The predicted molar refractivity (Wildman–Crippen MR) is 238 cm³/mol. The lowest BCUT2D eigenvalue weighted by molar-refractivity contribution is 0.254. The van der Waals surface area contributed by atoms with Crippen molar-refractivity contribution in [1.29, 1.82) is 0 Å². The molecule has 3 aromatic carbocycles. The van der Waals surface area contributed by atoms with Gasteiger partial charge in [-0.25, -0.2) is 0 Å². The number of rotatable bonds is 4. The van der Waals surface area contributed by atoms with E-state index in [9.17, 15) is 0 Å². The molecule has 10 rings (SSSR count). The SMILES string of the molecule is CC1(C)C2=C(C=CC(N3c4ccccc4C=CC3(C)C)C2)c2ccc(/C=C/c3ccc4c(c3)C(C)(C)C3C=C(N5C6=C(C=CCC6)C=CC5(C)C)C=CC43)cc21. The van der Waals surface area contributed by atoms with Crippen molar-refractivity contribution in [2.45, 2.75) is 109 Å². The molecule has 0 bridgehead atoms. The summed E-state index contributed by atoms with van der Waals surface area (Å²) in [7, 11) is 0. The van der Waals surface area contributed by atoms with E-state index in [0.717, 1.165) is 19.3 Å². The van der Waals surface area contributed by atoms with Gasteiger partial charge in [0.15, 0.2) is 0 Å². The van der Waals surface area contributed by atoms with Gasteiger partial charge in [0.05, 0.1) is 17.1 Å². The molecule has 0 radical (unpaired) electrons. The molecule has 5 aliphatic carbocycles. The Labute approximate surface area is 335 Å². The molecule has 2 nitrogen and oxygen atoms in total. The van der Waals surface area contributed by atoms with Gasteiger partial charge in [0.1, 0.15) is 0 Å². The van der Waals surface area contributed by atoms with Crippen LogP contribution in [-0.2, 0) is 10.8 Å². The van der Waals surface area contributed by atoms with Crippen molar-refractivity contribution in [2.75, 3.05) is 4.90 Å². The highest BCUT2D eigenvalue weighted by Crippen LogP contribution is 2.55. The fourth-order valence-corrected chi connectivity index (χ4v) is 11.4. The van der Waals surface area contributed by atoms with Crippen molar-refractivity contribution in [3.05, 3.63) is 183 Å². The smallest absolute Gasteiger partial charge is 0.0577 e. The van der Waals surface area contributed by atoms with Crippen LogP contribution in [0.15, 0.2) is 144 Å². The van der Waals surface area contributed by atoms with E-state index in [2.05, 4.69) is 205 Å². The van der Waals surface area contributed by atoms with Crippen LogP contribution < -0.4 is 4.90 Å². The Bertz CT molecular complexity index is 2480. The molecule has 2 heteroatoms. The topological polar surface area (TPSA) is 6.48 Å². The first-order valence-electron chi connectivity index (χ1n) is 21.0. The normalized spacial score (nSPS) is 26.6. The molecule has 0 saturated carbocycles. The molecule has 282 valence electrons. The zero-order valence-electron chi connectivity index (χ0n) is 34.5. The number of hydrogen-bond acceptors (Lipinski definition) is 2. The molecule has 2 aliphatic heterocycles. The highest BCUT2D eigenvalue weighted by molar-refractivity contribution is 5.89. The molecule has 3 aromatic rings. The number of allylic oxidation sites excluding steroid dienone is 10. The minimum atomic E-state index is -0.0622. The summed E-state index contributed by atoms with van der Waals surface area (Å²) in [5.41, 5.74) is 18.0. The first kappa shape index (κ1) is 35.3. The minimum absolute atomic E-state index is 0.0226. The molecule has 0 N–H and O–H groups in total. The standard InChI is InChI=1S/C54H56N2/c1-51(2)29-27-37-13-9-11-15-49(37)55(51)39-21-25-43-41-23-19-35(31-45(41)53(5,6)47(43)33-39)17-18-36-20-24-42-44-26-22-40(34-48(44)54(7,8)46(42)32-36)56-50-16-12-10-14-38(50)28-30-52(56,3)4/h9-11,13-15,17-32,34,39,44,48H,12,16,33H2,1-8H3/b18-17+. The van der Waals surface area contributed by atoms with E-state index in [1.807, 2.05) is 0 Å². The Morgan fingerprint density at radius 3 is 2.29 bits per heavy atom. The van der Waals surface area contributed by atoms with E-state index in [0.29, 0.717) is 17.9 Å². The Morgan fingerprint density at radius 2 is 1.46 bits per heavy atom. The van der Waals surface area contributed by atoms with E-state index in [1.54, 1.807) is 5.57 Å². The van der Waals surface area contributed by atoms with Crippen LogP contribution in [-0.4, -0.2) is 22.0 Å². The summed E-state index contributed by atoms with van der Waals surface area (Å²) in [5.74, 6) is 0.822. The lowest BCUT2D eigenvalue weighted by atomic mass is 9.73. The highest BCUT2D eigenvalue weighted by Gasteiger charge is 2.47. The summed E-state index contributed by atoms with van der Waals surface area (Å²) in [5, 5.41) is 0. The van der Waals surface area contributed by atoms with E-state index < -0.39 is 0 Å². The van der Waals surface area contributed by atoms with E-state index in [1.165, 1.54) is 67.2 Å². The molecule has 3 unspecified atom stereocenters. The molecule has 0 fully saturated rings. The maximum Gasteiger partial charge on any atom is 0.0577 e. The van der Waals surface area contributed by atoms with Gasteiger partial charge in [-0.05, 0) is 126 Å². The van der Waals surface area contributed by atoms with Crippen molar-refractivity contribution in [2.24, 2.45) is 5.92 Å². The number of fused-ring (bicyclic) bond motifs is 6. The van der Waals surface area contributed by atoms with Crippen LogP contribution in [0.4, 0.5) is 5.69 Å². The third-order valence-electron chi connectivity index (χ3n) is 14.4. The molecular weight excluding hydrogens is 677 g/mol. The van der Waals surface area contributed by atoms with E-state index in [4.69, 9.17) is 0 Å². The molecule has 0 amide bonds. The number of para-hydroxylation sites is 1. The van der Waals surface area contributed by atoms with Gasteiger partial charge in [-0.3, -0.25) is 0 Å². The zero-order valence-corrected chi connectivity index (χ0v) is 34.5. The quantitative estimate of drug-likeness (QED) is 0.247. The van der Waals surface area contributed by atoms with Crippen molar-refractivity contribution in [3.8, 4) is 0 Å². The highest BCUT2D eigenvalue weighted by atomic mass is 15.2. The van der Waals surface area contributed by atoms with Crippen molar-refractivity contribution >= 4 is 29.5 Å². The van der Waals surface area contributed by atoms with Crippen LogP contribution in [0.3, 0.4) is 0 Å². The number of nitrogens with zero attached hydrogens (tertiary/aromatic N) is 2. The van der Waals surface area contributed by atoms with Crippen LogP contribution in [0.25, 0.3) is 23.8 Å². The van der Waals surface area contributed by atoms with E-state index in [-0.39, 0.29) is 21.9 Å². The molecule has 2 heterocycles. The summed E-state index contributed by atoms with van der Waals surface area (Å²) in [6.45, 7) is 19.2. The van der Waals surface area contributed by atoms with Gasteiger partial charge < -0.3 is 9.80 Å². The third kappa shape index (κ3) is 5.28. The molecule has 56 heavy (non-hydrogen) atoms. The molecule has 0 saturated heterocycles. The van der Waals surface area contributed by atoms with Gasteiger partial charge in [0, 0.05) is 28.4 Å². The summed E-state index contributed by atoms with van der Waals surface area (Å²) in [6, 6.07) is 23.5. The average molecular weight is 733 g/mol. The van der Waals surface area contributed by atoms with Crippen LogP contribution in [0, 0.1) is 5.92 Å². The Kier molecular flexibility index (Phi) is 7.71. The maximum atomic E-state index is 2.64. The van der Waals surface area contributed by atoms with Gasteiger partial charge in [0.2, 0.25) is 0 Å². The Hall–Kier alpha value is -5.08. The lowest BCUT2D eigenvalue weighted by Crippen LogP contribution is -2.51. The summed E-state index contributed by atoms with van der Waals surface area (Å²) >= 11 is 0. The Morgan fingerprint density at radius 1 is 0.714 bits per heavy atom. The van der Waals surface area contributed by atoms with Crippen LogP contribution in [0.1, 0.15) is 120 Å². The van der Waals surface area contributed by atoms with Gasteiger partial charge in [-0.1, -0.05) is 155 Å². The van der Waals surface area contributed by atoms with Crippen molar-refractivity contribution in [1.82, 2.24) is 4.90 Å². The largest absolute Gasteiger partial charge is 0.356 e. The number of anilines is 1. The molecule has 3 atom stereocenters. The Balaban J connectivity index is 0.899. The van der Waals surface area contributed by atoms with Crippen molar-refractivity contribution < 1.29 is 0 Å². The summed E-state index contributed by atoms with van der Waals surface area (Å²) in [6.07, 6.45) is 34.3. The van der Waals surface area contributed by atoms with E-state index >= 15 is 0 Å². The molecule has 0 aromatic heterocycles. The van der Waals surface area contributed by atoms with Gasteiger partial charge in [-0.15, -0.1) is 0 Å². The second kappa shape index (κ2) is 12.2. The molecular formula is C54H56N2. The second-order valence-corrected chi connectivity index (χ2v) is 19.4. The monoisotopic (exact) mass is 732 g/mol. The summed E-state index contributed by atoms with van der Waals surface area (Å²) in [4.78, 5) is 5.26. The third-order valence-corrected chi connectivity index (χ3v) is 14.4. The number of hydrogen-bond donors (Lipinski definition) is 0. The zero-order chi connectivity index (χ0) is 38.8. The fraction of sp³-hybridized carbons (Fsp3) is 0.333.